The maximum atomic E-state index is 11.2. The number of carbonyl (C=O) groups is 2. The van der Waals surface area contributed by atoms with Gasteiger partial charge < -0.3 is 20.4 Å². The zero-order valence-corrected chi connectivity index (χ0v) is 9.86. The van der Waals surface area contributed by atoms with Crippen molar-refractivity contribution in [1.29, 1.82) is 0 Å². The average Bonchev–Trinajstić information content (AvgIpc) is 2.63. The standard InChI is InChI=1S/C7H14N2O2.C2HF3O2/c1-9(2)7(11)6-3-5(10)4-8-6;3-2(4,5)1(6)7/h5-6,8,10H,3-4H2,1-2H3;(H,6,7)/t5-,6+;/m0./s1. The third-order valence-corrected chi connectivity index (χ3v) is 2.09. The highest BCUT2D eigenvalue weighted by Crippen LogP contribution is 2.13. The molecule has 0 saturated carbocycles. The molecule has 1 saturated heterocycles. The first-order valence-corrected chi connectivity index (χ1v) is 4.98. The van der Waals surface area contributed by atoms with Crippen LogP contribution in [0.5, 0.6) is 0 Å². The molecular weight excluding hydrogens is 257 g/mol. The Hall–Kier alpha value is -1.35. The summed E-state index contributed by atoms with van der Waals surface area (Å²) < 4.78 is 31.7. The minimum atomic E-state index is -5.08. The second-order valence-electron chi connectivity index (χ2n) is 3.89. The van der Waals surface area contributed by atoms with Crippen LogP contribution in [0.1, 0.15) is 6.42 Å². The molecule has 1 amide bonds. The summed E-state index contributed by atoms with van der Waals surface area (Å²) in [5, 5.41) is 19.2. The summed E-state index contributed by atoms with van der Waals surface area (Å²) in [5.74, 6) is -2.71. The molecule has 106 valence electrons. The monoisotopic (exact) mass is 272 g/mol. The smallest absolute Gasteiger partial charge is 0.475 e. The number of aliphatic hydroxyl groups is 1. The molecule has 1 fully saturated rings. The number of carboxylic acids is 1. The number of amides is 1. The molecular formula is C9H15F3N2O4. The van der Waals surface area contributed by atoms with Gasteiger partial charge in [0.25, 0.3) is 0 Å². The number of carbonyl (C=O) groups excluding carboxylic acids is 1. The van der Waals surface area contributed by atoms with Crippen molar-refractivity contribution >= 4 is 11.9 Å². The largest absolute Gasteiger partial charge is 0.490 e. The summed E-state index contributed by atoms with van der Waals surface area (Å²) in [6.07, 6.45) is -4.90. The van der Waals surface area contributed by atoms with Gasteiger partial charge in [0.1, 0.15) is 0 Å². The number of likely N-dealkylation sites (N-methyl/N-ethyl adjacent to an activating group) is 1. The highest BCUT2D eigenvalue weighted by atomic mass is 19.4. The quantitative estimate of drug-likeness (QED) is 0.595. The lowest BCUT2D eigenvalue weighted by atomic mass is 10.2. The van der Waals surface area contributed by atoms with Gasteiger partial charge in [0.15, 0.2) is 0 Å². The van der Waals surface area contributed by atoms with Crippen LogP contribution in [0.25, 0.3) is 0 Å². The molecule has 0 aliphatic carbocycles. The van der Waals surface area contributed by atoms with E-state index in [0.29, 0.717) is 13.0 Å². The van der Waals surface area contributed by atoms with Crippen LogP contribution in [0.15, 0.2) is 0 Å². The molecule has 3 N–H and O–H groups in total. The van der Waals surface area contributed by atoms with Crippen LogP contribution in [0.3, 0.4) is 0 Å². The van der Waals surface area contributed by atoms with E-state index in [9.17, 15) is 18.0 Å². The Morgan fingerprint density at radius 1 is 1.33 bits per heavy atom. The molecule has 1 aliphatic heterocycles. The molecule has 0 bridgehead atoms. The van der Waals surface area contributed by atoms with E-state index < -0.39 is 12.1 Å². The Kier molecular flexibility index (Phi) is 6.06. The van der Waals surface area contributed by atoms with Gasteiger partial charge in [-0.05, 0) is 6.42 Å². The van der Waals surface area contributed by atoms with Crippen molar-refractivity contribution in [1.82, 2.24) is 10.2 Å². The molecule has 0 spiro atoms. The summed E-state index contributed by atoms with van der Waals surface area (Å²) in [6, 6.07) is -0.181. The second kappa shape index (κ2) is 6.55. The van der Waals surface area contributed by atoms with Crippen LogP contribution < -0.4 is 5.32 Å². The Balaban J connectivity index is 0.000000360. The molecule has 2 atom stereocenters. The van der Waals surface area contributed by atoms with E-state index in [1.165, 1.54) is 4.90 Å². The van der Waals surface area contributed by atoms with Gasteiger partial charge in [-0.15, -0.1) is 0 Å². The number of rotatable bonds is 1. The molecule has 0 aromatic carbocycles. The third-order valence-electron chi connectivity index (χ3n) is 2.09. The number of hydrogen-bond donors (Lipinski definition) is 3. The predicted molar refractivity (Wildman–Crippen MR) is 54.8 cm³/mol. The molecule has 9 heteroatoms. The first-order valence-electron chi connectivity index (χ1n) is 4.98. The average molecular weight is 272 g/mol. The van der Waals surface area contributed by atoms with E-state index in [4.69, 9.17) is 15.0 Å². The highest BCUT2D eigenvalue weighted by Gasteiger charge is 2.38. The van der Waals surface area contributed by atoms with E-state index >= 15 is 0 Å². The predicted octanol–water partition coefficient (Wildman–Crippen LogP) is -0.569. The Morgan fingerprint density at radius 3 is 2.00 bits per heavy atom. The van der Waals surface area contributed by atoms with Crippen molar-refractivity contribution in [3.05, 3.63) is 0 Å². The number of nitrogens with zero attached hydrogens (tertiary/aromatic N) is 1. The number of hydrogen-bond acceptors (Lipinski definition) is 4. The van der Waals surface area contributed by atoms with Crippen molar-refractivity contribution in [2.45, 2.75) is 24.7 Å². The van der Waals surface area contributed by atoms with Gasteiger partial charge in [0.05, 0.1) is 12.1 Å². The number of β-amino-alcohol motifs (C(OH)–C–C–N with tert-alkyl or cyclic N) is 1. The van der Waals surface area contributed by atoms with Gasteiger partial charge in [-0.1, -0.05) is 0 Å². The van der Waals surface area contributed by atoms with Crippen molar-refractivity contribution in [2.24, 2.45) is 0 Å². The van der Waals surface area contributed by atoms with E-state index in [1.807, 2.05) is 0 Å². The first-order chi connectivity index (χ1) is 8.05. The van der Waals surface area contributed by atoms with Gasteiger partial charge in [0, 0.05) is 20.6 Å². The summed E-state index contributed by atoms with van der Waals surface area (Å²) in [4.78, 5) is 21.7. The maximum absolute atomic E-state index is 11.2. The van der Waals surface area contributed by atoms with E-state index in [0.717, 1.165) is 0 Å². The first kappa shape index (κ1) is 16.6. The van der Waals surface area contributed by atoms with Gasteiger partial charge in [-0.25, -0.2) is 4.79 Å². The van der Waals surface area contributed by atoms with E-state index in [2.05, 4.69) is 5.32 Å². The number of alkyl halides is 3. The zero-order chi connectivity index (χ0) is 14.5. The van der Waals surface area contributed by atoms with Crippen LogP contribution >= 0.6 is 0 Å². The lowest BCUT2D eigenvalue weighted by Crippen LogP contribution is -2.39. The van der Waals surface area contributed by atoms with Crippen LogP contribution in [0, 0.1) is 0 Å². The summed E-state index contributed by atoms with van der Waals surface area (Å²) in [6.45, 7) is 0.532. The lowest BCUT2D eigenvalue weighted by molar-refractivity contribution is -0.192. The number of aliphatic hydroxyl groups excluding tert-OH is 1. The summed E-state index contributed by atoms with van der Waals surface area (Å²) in [7, 11) is 3.43. The molecule has 0 unspecified atom stereocenters. The van der Waals surface area contributed by atoms with Crippen molar-refractivity contribution in [3.63, 3.8) is 0 Å². The van der Waals surface area contributed by atoms with Gasteiger partial charge in [-0.3, -0.25) is 4.79 Å². The van der Waals surface area contributed by atoms with E-state index in [-0.39, 0.29) is 18.1 Å². The fourth-order valence-electron chi connectivity index (χ4n) is 1.22. The molecule has 0 aromatic heterocycles. The van der Waals surface area contributed by atoms with E-state index in [1.54, 1.807) is 14.1 Å². The molecule has 1 rings (SSSR count). The lowest BCUT2D eigenvalue weighted by Gasteiger charge is -2.15. The van der Waals surface area contributed by atoms with Crippen LogP contribution in [0.4, 0.5) is 13.2 Å². The number of halogens is 3. The van der Waals surface area contributed by atoms with Crippen LogP contribution in [-0.2, 0) is 9.59 Å². The minimum absolute atomic E-state index is 0.0431. The van der Waals surface area contributed by atoms with Gasteiger partial charge in [0.2, 0.25) is 5.91 Å². The van der Waals surface area contributed by atoms with Gasteiger partial charge in [-0.2, -0.15) is 13.2 Å². The SMILES string of the molecule is CN(C)C(=O)[C@H]1C[C@H](O)CN1.O=C(O)C(F)(F)F. The number of aliphatic carboxylic acids is 1. The topological polar surface area (TPSA) is 89.9 Å². The Labute approximate surface area is 101 Å². The molecule has 0 aromatic rings. The Morgan fingerprint density at radius 2 is 1.78 bits per heavy atom. The van der Waals surface area contributed by atoms with Crippen molar-refractivity contribution in [2.75, 3.05) is 20.6 Å². The fourth-order valence-corrected chi connectivity index (χ4v) is 1.22. The third kappa shape index (κ3) is 5.82. The van der Waals surface area contributed by atoms with Gasteiger partial charge >= 0.3 is 12.1 Å². The second-order valence-corrected chi connectivity index (χ2v) is 3.89. The van der Waals surface area contributed by atoms with Crippen molar-refractivity contribution in [3.8, 4) is 0 Å². The normalized spacial score (nSPS) is 23.0. The molecule has 0 radical (unpaired) electrons. The fraction of sp³-hybridized carbons (Fsp3) is 0.778. The number of nitrogens with one attached hydrogen (secondary N) is 1. The highest BCUT2D eigenvalue weighted by molar-refractivity contribution is 5.81. The molecule has 1 aliphatic rings. The van der Waals surface area contributed by atoms with Crippen LogP contribution in [0.2, 0.25) is 0 Å². The van der Waals surface area contributed by atoms with Crippen LogP contribution in [-0.4, -0.2) is 66.0 Å². The number of carboxylic acid groups (broad SMARTS) is 1. The maximum Gasteiger partial charge on any atom is 0.490 e. The summed E-state index contributed by atoms with van der Waals surface area (Å²) >= 11 is 0. The zero-order valence-electron chi connectivity index (χ0n) is 9.86. The molecule has 18 heavy (non-hydrogen) atoms. The van der Waals surface area contributed by atoms with Crippen molar-refractivity contribution < 1.29 is 33.0 Å². The molecule has 6 nitrogen and oxygen atoms in total. The Bertz CT molecular complexity index is 307. The summed E-state index contributed by atoms with van der Waals surface area (Å²) in [5.41, 5.74) is 0. The minimum Gasteiger partial charge on any atom is -0.475 e. The molecule has 1 heterocycles.